The largest absolute Gasteiger partial charge is 0.343 e. The topological polar surface area (TPSA) is 46.1 Å². The molecule has 0 bridgehead atoms. The van der Waals surface area contributed by atoms with Crippen molar-refractivity contribution >= 4 is 5.91 Å². The molecule has 1 aliphatic rings. The van der Waals surface area contributed by atoms with E-state index in [0.29, 0.717) is 12.0 Å². The van der Waals surface area contributed by atoms with Crippen LogP contribution in [0.2, 0.25) is 0 Å². The molecule has 122 valence electrons. The molecule has 1 aliphatic carbocycles. The minimum Gasteiger partial charge on any atom is -0.343 e. The molecule has 1 heterocycles. The quantitative estimate of drug-likeness (QED) is 0.860. The van der Waals surface area contributed by atoms with Crippen LogP contribution in [0.3, 0.4) is 0 Å². The lowest BCUT2D eigenvalue weighted by atomic mass is 9.82. The fourth-order valence-corrected chi connectivity index (χ4v) is 3.21. The summed E-state index contributed by atoms with van der Waals surface area (Å²) in [6, 6.07) is 2.58. The van der Waals surface area contributed by atoms with Crippen LogP contribution in [0.15, 0.2) is 12.4 Å². The first-order valence-corrected chi connectivity index (χ1v) is 8.32. The summed E-state index contributed by atoms with van der Waals surface area (Å²) in [7, 11) is 1.92. The normalized spacial score (nSPS) is 22.4. The van der Waals surface area contributed by atoms with Crippen LogP contribution in [0.1, 0.15) is 64.8 Å². The van der Waals surface area contributed by atoms with E-state index >= 15 is 0 Å². The van der Waals surface area contributed by atoms with E-state index in [1.165, 1.54) is 12.8 Å². The van der Waals surface area contributed by atoms with Crippen LogP contribution in [0.25, 0.3) is 0 Å². The lowest BCUT2D eigenvalue weighted by Crippen LogP contribution is -2.38. The van der Waals surface area contributed by atoms with Crippen molar-refractivity contribution in [1.82, 2.24) is 14.9 Å². The third kappa shape index (κ3) is 4.28. The first-order valence-electron chi connectivity index (χ1n) is 8.32. The highest BCUT2D eigenvalue weighted by Gasteiger charge is 2.26. The SMILES string of the molecule is CC(=O)N(C)C1CCC(Cc2cc(C(C)(C)C)ncn2)CC1. The Morgan fingerprint density at radius 1 is 1.23 bits per heavy atom. The fraction of sp³-hybridized carbons (Fsp3) is 0.722. The number of aromatic nitrogens is 2. The molecule has 1 aromatic rings. The van der Waals surface area contributed by atoms with E-state index in [-0.39, 0.29) is 11.3 Å². The first-order chi connectivity index (χ1) is 10.3. The van der Waals surface area contributed by atoms with E-state index in [0.717, 1.165) is 30.7 Å². The van der Waals surface area contributed by atoms with Gasteiger partial charge in [0.2, 0.25) is 5.91 Å². The van der Waals surface area contributed by atoms with Gasteiger partial charge < -0.3 is 4.90 Å². The summed E-state index contributed by atoms with van der Waals surface area (Å²) in [5, 5.41) is 0. The van der Waals surface area contributed by atoms with Crippen LogP contribution < -0.4 is 0 Å². The van der Waals surface area contributed by atoms with E-state index in [9.17, 15) is 4.79 Å². The van der Waals surface area contributed by atoms with Gasteiger partial charge in [0.1, 0.15) is 6.33 Å². The molecule has 0 spiro atoms. The summed E-state index contributed by atoms with van der Waals surface area (Å²) in [6.45, 7) is 8.20. The van der Waals surface area contributed by atoms with E-state index in [1.54, 1.807) is 13.3 Å². The van der Waals surface area contributed by atoms with Gasteiger partial charge in [0.15, 0.2) is 0 Å². The maximum Gasteiger partial charge on any atom is 0.219 e. The Balaban J connectivity index is 1.93. The number of hydrogen-bond donors (Lipinski definition) is 0. The number of nitrogens with zero attached hydrogens (tertiary/aromatic N) is 3. The summed E-state index contributed by atoms with van der Waals surface area (Å²) >= 11 is 0. The van der Waals surface area contributed by atoms with E-state index in [1.807, 2.05) is 11.9 Å². The van der Waals surface area contributed by atoms with Gasteiger partial charge in [-0.2, -0.15) is 0 Å². The van der Waals surface area contributed by atoms with Crippen molar-refractivity contribution < 1.29 is 4.79 Å². The van der Waals surface area contributed by atoms with Crippen molar-refractivity contribution in [3.05, 3.63) is 23.8 Å². The minimum atomic E-state index is 0.0690. The van der Waals surface area contributed by atoms with E-state index in [4.69, 9.17) is 0 Å². The first kappa shape index (κ1) is 16.9. The van der Waals surface area contributed by atoms with Gasteiger partial charge in [0.05, 0.1) is 0 Å². The molecule has 1 aromatic heterocycles. The lowest BCUT2D eigenvalue weighted by Gasteiger charge is -2.34. The van der Waals surface area contributed by atoms with Crippen LogP contribution >= 0.6 is 0 Å². The van der Waals surface area contributed by atoms with Crippen molar-refractivity contribution in [2.24, 2.45) is 5.92 Å². The number of carbonyl (C=O) groups is 1. The highest BCUT2D eigenvalue weighted by Crippen LogP contribution is 2.30. The van der Waals surface area contributed by atoms with Crippen LogP contribution in [-0.2, 0) is 16.6 Å². The lowest BCUT2D eigenvalue weighted by molar-refractivity contribution is -0.130. The third-order valence-corrected chi connectivity index (χ3v) is 4.85. The average molecular weight is 303 g/mol. The molecule has 4 nitrogen and oxygen atoms in total. The predicted octanol–water partition coefficient (Wildman–Crippen LogP) is 3.35. The smallest absolute Gasteiger partial charge is 0.219 e. The Morgan fingerprint density at radius 2 is 1.86 bits per heavy atom. The second-order valence-corrected chi connectivity index (χ2v) is 7.65. The van der Waals surface area contributed by atoms with Crippen molar-refractivity contribution in [1.29, 1.82) is 0 Å². The van der Waals surface area contributed by atoms with Crippen molar-refractivity contribution in [2.75, 3.05) is 7.05 Å². The Labute approximate surface area is 134 Å². The van der Waals surface area contributed by atoms with E-state index in [2.05, 4.69) is 36.8 Å². The predicted molar refractivity (Wildman–Crippen MR) is 88.6 cm³/mol. The average Bonchev–Trinajstić information content (AvgIpc) is 2.46. The Hall–Kier alpha value is -1.45. The molecular weight excluding hydrogens is 274 g/mol. The summed E-state index contributed by atoms with van der Waals surface area (Å²) in [5.74, 6) is 0.855. The monoisotopic (exact) mass is 303 g/mol. The Kier molecular flexibility index (Phi) is 5.20. The van der Waals surface area contributed by atoms with Gasteiger partial charge in [-0.3, -0.25) is 4.79 Å². The van der Waals surface area contributed by atoms with Crippen LogP contribution in [0.4, 0.5) is 0 Å². The molecule has 0 N–H and O–H groups in total. The maximum atomic E-state index is 11.5. The second kappa shape index (κ2) is 6.76. The van der Waals surface area contributed by atoms with Gasteiger partial charge in [0, 0.05) is 36.8 Å². The van der Waals surface area contributed by atoms with Gasteiger partial charge >= 0.3 is 0 Å². The zero-order valence-electron chi connectivity index (χ0n) is 14.6. The van der Waals surface area contributed by atoms with Gasteiger partial charge in [-0.05, 0) is 44.1 Å². The van der Waals surface area contributed by atoms with Crippen LogP contribution in [0.5, 0.6) is 0 Å². The molecule has 0 unspecified atom stereocenters. The maximum absolute atomic E-state index is 11.5. The number of rotatable bonds is 3. The Morgan fingerprint density at radius 3 is 2.41 bits per heavy atom. The zero-order chi connectivity index (χ0) is 16.3. The molecule has 1 amide bonds. The molecule has 22 heavy (non-hydrogen) atoms. The van der Waals surface area contributed by atoms with E-state index < -0.39 is 0 Å². The van der Waals surface area contributed by atoms with Gasteiger partial charge in [-0.1, -0.05) is 20.8 Å². The standard InChI is InChI=1S/C18H29N3O/c1-13(22)21(5)16-8-6-14(7-9-16)10-15-11-17(18(2,3)4)20-12-19-15/h11-12,14,16H,6-10H2,1-5H3. The zero-order valence-corrected chi connectivity index (χ0v) is 14.6. The molecule has 0 saturated heterocycles. The summed E-state index contributed by atoms with van der Waals surface area (Å²) in [4.78, 5) is 22.2. The van der Waals surface area contributed by atoms with Crippen molar-refractivity contribution in [2.45, 2.75) is 71.3 Å². The molecule has 0 aromatic carbocycles. The van der Waals surface area contributed by atoms with Gasteiger partial charge in [-0.25, -0.2) is 9.97 Å². The molecule has 0 aliphatic heterocycles. The number of hydrogen-bond acceptors (Lipinski definition) is 3. The molecular formula is C18H29N3O. The minimum absolute atomic E-state index is 0.0690. The molecule has 2 rings (SSSR count). The van der Waals surface area contributed by atoms with Crippen molar-refractivity contribution in [3.8, 4) is 0 Å². The molecule has 0 atom stereocenters. The molecule has 1 fully saturated rings. The fourth-order valence-electron chi connectivity index (χ4n) is 3.21. The summed E-state index contributed by atoms with van der Waals surface area (Å²) in [5.41, 5.74) is 2.34. The number of carbonyl (C=O) groups excluding carboxylic acids is 1. The van der Waals surface area contributed by atoms with Gasteiger partial charge in [0.25, 0.3) is 0 Å². The highest BCUT2D eigenvalue weighted by atomic mass is 16.2. The number of amides is 1. The second-order valence-electron chi connectivity index (χ2n) is 7.65. The molecule has 1 saturated carbocycles. The summed E-state index contributed by atoms with van der Waals surface area (Å²) < 4.78 is 0. The highest BCUT2D eigenvalue weighted by molar-refractivity contribution is 5.73. The molecule has 4 heteroatoms. The van der Waals surface area contributed by atoms with Crippen LogP contribution in [0, 0.1) is 5.92 Å². The third-order valence-electron chi connectivity index (χ3n) is 4.85. The van der Waals surface area contributed by atoms with Crippen LogP contribution in [-0.4, -0.2) is 33.9 Å². The Bertz CT molecular complexity index is 513. The summed E-state index contributed by atoms with van der Waals surface area (Å²) in [6.07, 6.45) is 7.30. The van der Waals surface area contributed by atoms with Gasteiger partial charge in [-0.15, -0.1) is 0 Å². The molecule has 0 radical (unpaired) electrons. The van der Waals surface area contributed by atoms with Crippen molar-refractivity contribution in [3.63, 3.8) is 0 Å².